The molecule has 1 atom stereocenters. The molecule has 1 fully saturated rings. The standard InChI is InChI=1S/C20H29N3O4S/c1-14-7-6-10-23(12-14)18(24)13-21(4)28(26,27)15-8-9-17-16(11-15)20(2,3)19(25)22(17)5/h8-9,11,14H,6-7,10,12-13H2,1-5H3. The molecule has 0 spiro atoms. The van der Waals surface area contributed by atoms with E-state index in [1.807, 2.05) is 0 Å². The van der Waals surface area contributed by atoms with Gasteiger partial charge < -0.3 is 9.80 Å². The van der Waals surface area contributed by atoms with Crippen molar-refractivity contribution in [1.29, 1.82) is 0 Å². The summed E-state index contributed by atoms with van der Waals surface area (Å²) in [5, 5.41) is 0. The van der Waals surface area contributed by atoms with Crippen LogP contribution in [0.4, 0.5) is 5.69 Å². The number of benzene rings is 1. The molecule has 7 nitrogen and oxygen atoms in total. The Bertz CT molecular complexity index is 910. The van der Waals surface area contributed by atoms with Gasteiger partial charge in [0.1, 0.15) is 0 Å². The first-order valence-corrected chi connectivity index (χ1v) is 11.1. The van der Waals surface area contributed by atoms with Gasteiger partial charge in [0.05, 0.1) is 16.9 Å². The Labute approximate surface area is 167 Å². The molecular weight excluding hydrogens is 378 g/mol. The van der Waals surface area contributed by atoms with Crippen LogP contribution in [0.25, 0.3) is 0 Å². The van der Waals surface area contributed by atoms with Crippen LogP contribution in [0.3, 0.4) is 0 Å². The van der Waals surface area contributed by atoms with Gasteiger partial charge in [0.2, 0.25) is 21.8 Å². The number of hydrogen-bond donors (Lipinski definition) is 0. The fraction of sp³-hybridized carbons (Fsp3) is 0.600. The Balaban J connectivity index is 1.82. The zero-order chi connectivity index (χ0) is 20.9. The summed E-state index contributed by atoms with van der Waals surface area (Å²) in [7, 11) is -0.721. The first kappa shape index (κ1) is 20.8. The number of amides is 2. The quantitative estimate of drug-likeness (QED) is 0.763. The van der Waals surface area contributed by atoms with E-state index in [2.05, 4.69) is 6.92 Å². The van der Waals surface area contributed by atoms with Crippen molar-refractivity contribution in [2.24, 2.45) is 5.92 Å². The molecule has 1 unspecified atom stereocenters. The largest absolute Gasteiger partial charge is 0.341 e. The van der Waals surface area contributed by atoms with Gasteiger partial charge in [-0.2, -0.15) is 4.31 Å². The number of piperidine rings is 1. The number of likely N-dealkylation sites (N-methyl/N-ethyl adjacent to an activating group) is 2. The van der Waals surface area contributed by atoms with Crippen LogP contribution in [0.1, 0.15) is 39.2 Å². The van der Waals surface area contributed by atoms with Crippen molar-refractivity contribution in [2.75, 3.05) is 38.6 Å². The third kappa shape index (κ3) is 3.43. The minimum Gasteiger partial charge on any atom is -0.341 e. The first-order chi connectivity index (χ1) is 13.0. The Hall–Kier alpha value is -1.93. The van der Waals surface area contributed by atoms with Crippen molar-refractivity contribution in [3.05, 3.63) is 23.8 Å². The lowest BCUT2D eigenvalue weighted by atomic mass is 9.86. The maximum atomic E-state index is 13.0. The van der Waals surface area contributed by atoms with Gasteiger partial charge in [-0.05, 0) is 56.4 Å². The molecule has 2 aliphatic heterocycles. The second-order valence-electron chi connectivity index (χ2n) is 8.52. The van der Waals surface area contributed by atoms with Crippen LogP contribution in [0, 0.1) is 5.92 Å². The van der Waals surface area contributed by atoms with Crippen LogP contribution in [0.5, 0.6) is 0 Å². The fourth-order valence-electron chi connectivity index (χ4n) is 4.08. The van der Waals surface area contributed by atoms with Gasteiger partial charge in [-0.1, -0.05) is 6.92 Å². The number of hydrogen-bond acceptors (Lipinski definition) is 4. The number of carbonyl (C=O) groups is 2. The van der Waals surface area contributed by atoms with Crippen molar-refractivity contribution < 1.29 is 18.0 Å². The summed E-state index contributed by atoms with van der Waals surface area (Å²) in [6.45, 7) is 6.85. The fourth-order valence-corrected chi connectivity index (χ4v) is 5.23. The van der Waals surface area contributed by atoms with Crippen LogP contribution in [-0.2, 0) is 25.0 Å². The number of anilines is 1. The second kappa shape index (κ2) is 7.15. The lowest BCUT2D eigenvalue weighted by molar-refractivity contribution is -0.132. The molecule has 2 heterocycles. The van der Waals surface area contributed by atoms with E-state index >= 15 is 0 Å². The Morgan fingerprint density at radius 1 is 1.32 bits per heavy atom. The van der Waals surface area contributed by atoms with Crippen molar-refractivity contribution >= 4 is 27.5 Å². The van der Waals surface area contributed by atoms with E-state index in [-0.39, 0.29) is 23.3 Å². The molecule has 2 amide bonds. The molecule has 3 rings (SSSR count). The molecule has 1 aromatic carbocycles. The highest BCUT2D eigenvalue weighted by Crippen LogP contribution is 2.41. The molecule has 0 N–H and O–H groups in total. The van der Waals surface area contributed by atoms with Gasteiger partial charge in [-0.3, -0.25) is 9.59 Å². The van der Waals surface area contributed by atoms with E-state index in [9.17, 15) is 18.0 Å². The summed E-state index contributed by atoms with van der Waals surface area (Å²) >= 11 is 0. The molecule has 0 aromatic heterocycles. The number of likely N-dealkylation sites (tertiary alicyclic amines) is 1. The van der Waals surface area contributed by atoms with Crippen LogP contribution in [0.15, 0.2) is 23.1 Å². The van der Waals surface area contributed by atoms with Gasteiger partial charge in [0.25, 0.3) is 0 Å². The highest BCUT2D eigenvalue weighted by molar-refractivity contribution is 7.89. The molecule has 8 heteroatoms. The summed E-state index contributed by atoms with van der Waals surface area (Å²) in [4.78, 5) is 28.4. The van der Waals surface area contributed by atoms with Gasteiger partial charge in [0, 0.05) is 32.9 Å². The lowest BCUT2D eigenvalue weighted by Crippen LogP contribution is -2.45. The van der Waals surface area contributed by atoms with Crippen LogP contribution < -0.4 is 4.90 Å². The van der Waals surface area contributed by atoms with Gasteiger partial charge >= 0.3 is 0 Å². The third-order valence-electron chi connectivity index (χ3n) is 5.92. The SMILES string of the molecule is CC1CCCN(C(=O)CN(C)S(=O)(=O)c2ccc3c(c2)C(C)(C)C(=O)N3C)C1. The molecule has 0 radical (unpaired) electrons. The predicted octanol–water partition coefficient (Wildman–Crippen LogP) is 1.82. The van der Waals surface area contributed by atoms with Gasteiger partial charge in [-0.25, -0.2) is 8.42 Å². The zero-order valence-electron chi connectivity index (χ0n) is 17.2. The van der Waals surface area contributed by atoms with Crippen molar-refractivity contribution in [2.45, 2.75) is 43.9 Å². The van der Waals surface area contributed by atoms with E-state index in [0.29, 0.717) is 24.6 Å². The van der Waals surface area contributed by atoms with Crippen LogP contribution in [0.2, 0.25) is 0 Å². The third-order valence-corrected chi connectivity index (χ3v) is 7.72. The Morgan fingerprint density at radius 3 is 2.64 bits per heavy atom. The van der Waals surface area contributed by atoms with E-state index in [1.54, 1.807) is 42.8 Å². The number of carbonyl (C=O) groups excluding carboxylic acids is 2. The van der Waals surface area contributed by atoms with E-state index < -0.39 is 15.4 Å². The molecule has 1 saturated heterocycles. The number of nitrogens with zero attached hydrogens (tertiary/aromatic N) is 3. The summed E-state index contributed by atoms with van der Waals surface area (Å²) in [5.41, 5.74) is 0.620. The van der Waals surface area contributed by atoms with Crippen molar-refractivity contribution in [1.82, 2.24) is 9.21 Å². The maximum Gasteiger partial charge on any atom is 0.243 e. The normalized spacial score (nSPS) is 21.9. The summed E-state index contributed by atoms with van der Waals surface area (Å²) in [5.74, 6) is 0.196. The molecule has 28 heavy (non-hydrogen) atoms. The molecule has 2 aliphatic rings. The summed E-state index contributed by atoms with van der Waals surface area (Å²) in [6, 6.07) is 4.73. The minimum absolute atomic E-state index is 0.0696. The van der Waals surface area contributed by atoms with Crippen molar-refractivity contribution in [3.8, 4) is 0 Å². The summed E-state index contributed by atoms with van der Waals surface area (Å²) in [6.07, 6.45) is 2.04. The molecule has 0 aliphatic carbocycles. The van der Waals surface area contributed by atoms with E-state index in [4.69, 9.17) is 0 Å². The molecule has 0 bridgehead atoms. The average molecular weight is 408 g/mol. The molecule has 1 aromatic rings. The van der Waals surface area contributed by atoms with Gasteiger partial charge in [-0.15, -0.1) is 0 Å². The molecule has 0 saturated carbocycles. The Kier molecular flexibility index (Phi) is 5.31. The number of fused-ring (bicyclic) bond motifs is 1. The summed E-state index contributed by atoms with van der Waals surface area (Å²) < 4.78 is 27.2. The first-order valence-electron chi connectivity index (χ1n) is 9.63. The second-order valence-corrected chi connectivity index (χ2v) is 10.6. The average Bonchev–Trinajstić information content (AvgIpc) is 2.82. The number of sulfonamides is 1. The zero-order valence-corrected chi connectivity index (χ0v) is 18.0. The van der Waals surface area contributed by atoms with Gasteiger partial charge in [0.15, 0.2) is 0 Å². The monoisotopic (exact) mass is 407 g/mol. The van der Waals surface area contributed by atoms with Crippen LogP contribution in [-0.4, -0.2) is 63.2 Å². The lowest BCUT2D eigenvalue weighted by Gasteiger charge is -2.32. The smallest absolute Gasteiger partial charge is 0.243 e. The molecule has 154 valence electrons. The van der Waals surface area contributed by atoms with Crippen LogP contribution >= 0.6 is 0 Å². The predicted molar refractivity (Wildman–Crippen MR) is 108 cm³/mol. The highest BCUT2D eigenvalue weighted by atomic mass is 32.2. The molecular formula is C20H29N3O4S. The minimum atomic E-state index is -3.84. The topological polar surface area (TPSA) is 78.0 Å². The van der Waals surface area contributed by atoms with E-state index in [0.717, 1.165) is 22.8 Å². The Morgan fingerprint density at radius 2 is 2.00 bits per heavy atom. The van der Waals surface area contributed by atoms with E-state index in [1.165, 1.54) is 13.1 Å². The number of rotatable bonds is 4. The maximum absolute atomic E-state index is 13.0. The van der Waals surface area contributed by atoms with Crippen molar-refractivity contribution in [3.63, 3.8) is 0 Å². The highest BCUT2D eigenvalue weighted by Gasteiger charge is 2.43.